The number of hydroxylamine groups is 1. The molecule has 0 unspecified atom stereocenters. The van der Waals surface area contributed by atoms with E-state index in [0.717, 1.165) is 14.9 Å². The third-order valence-corrected chi connectivity index (χ3v) is 7.03. The molecule has 1 amide bonds. The number of hydrogen-bond acceptors (Lipinski definition) is 7. The number of nitrogens with one attached hydrogen (secondary N) is 1. The number of hydrogen-bond donors (Lipinski definition) is 2. The lowest BCUT2D eigenvalue weighted by Gasteiger charge is -2.38. The molecule has 1 aliphatic rings. The molecule has 1 aliphatic heterocycles. The maximum atomic E-state index is 12.8. The molecule has 1 aromatic rings. The van der Waals surface area contributed by atoms with Gasteiger partial charge in [-0.15, -0.1) is 0 Å². The molecule has 1 heterocycles. The fourth-order valence-electron chi connectivity index (χ4n) is 2.50. The molecule has 1 saturated heterocycles. The van der Waals surface area contributed by atoms with Crippen molar-refractivity contribution in [2.75, 3.05) is 33.0 Å². The Morgan fingerprint density at radius 3 is 2.28 bits per heavy atom. The number of carbonyl (C=O) groups is 1. The summed E-state index contributed by atoms with van der Waals surface area (Å²) in [5, 5.41) is 8.89. The molecule has 0 bridgehead atoms. The SMILES string of the molecule is COc1ccc(S(=O)(=O)N2CCN(S(C)(=O)=O)C[C@@H]2C(=O)NO)cc1. The van der Waals surface area contributed by atoms with Gasteiger partial charge in [0.2, 0.25) is 20.0 Å². The van der Waals surface area contributed by atoms with Crippen molar-refractivity contribution in [3.63, 3.8) is 0 Å². The Bertz CT molecular complexity index is 837. The van der Waals surface area contributed by atoms with Crippen molar-refractivity contribution in [3.8, 4) is 5.75 Å². The predicted molar refractivity (Wildman–Crippen MR) is 87.0 cm³/mol. The highest BCUT2D eigenvalue weighted by molar-refractivity contribution is 7.89. The summed E-state index contributed by atoms with van der Waals surface area (Å²) in [6, 6.07) is 4.18. The maximum absolute atomic E-state index is 12.8. The van der Waals surface area contributed by atoms with Crippen LogP contribution in [0.4, 0.5) is 0 Å². The van der Waals surface area contributed by atoms with Crippen molar-refractivity contribution < 1.29 is 31.6 Å². The minimum Gasteiger partial charge on any atom is -0.497 e. The Morgan fingerprint density at radius 1 is 1.20 bits per heavy atom. The number of sulfonamides is 2. The van der Waals surface area contributed by atoms with Crippen LogP contribution in [0.3, 0.4) is 0 Å². The van der Waals surface area contributed by atoms with Gasteiger partial charge < -0.3 is 4.74 Å². The number of amides is 1. The molecule has 0 saturated carbocycles. The minimum absolute atomic E-state index is 0.0724. The van der Waals surface area contributed by atoms with Gasteiger partial charge in [0.1, 0.15) is 11.8 Å². The Kier molecular flexibility index (Phi) is 5.68. The largest absolute Gasteiger partial charge is 0.497 e. The molecule has 2 rings (SSSR count). The maximum Gasteiger partial charge on any atom is 0.263 e. The summed E-state index contributed by atoms with van der Waals surface area (Å²) in [5.41, 5.74) is 1.39. The molecule has 0 spiro atoms. The Morgan fingerprint density at radius 2 is 1.80 bits per heavy atom. The Balaban J connectivity index is 2.38. The van der Waals surface area contributed by atoms with Crippen molar-refractivity contribution in [2.45, 2.75) is 10.9 Å². The van der Waals surface area contributed by atoms with E-state index >= 15 is 0 Å². The third kappa shape index (κ3) is 4.10. The van der Waals surface area contributed by atoms with E-state index < -0.39 is 32.0 Å². The normalized spacial score (nSPS) is 20.2. The fraction of sp³-hybridized carbons (Fsp3) is 0.462. The summed E-state index contributed by atoms with van der Waals surface area (Å²) < 4.78 is 55.9. The van der Waals surface area contributed by atoms with Crippen molar-refractivity contribution >= 4 is 26.0 Å². The zero-order chi connectivity index (χ0) is 18.8. The second-order valence-corrected chi connectivity index (χ2v) is 9.28. The van der Waals surface area contributed by atoms with Gasteiger partial charge in [0, 0.05) is 19.6 Å². The molecule has 25 heavy (non-hydrogen) atoms. The van der Waals surface area contributed by atoms with E-state index in [1.165, 1.54) is 36.9 Å². The van der Waals surface area contributed by atoms with Crippen molar-refractivity contribution in [1.82, 2.24) is 14.1 Å². The second kappa shape index (κ2) is 7.25. The summed E-state index contributed by atoms with van der Waals surface area (Å²) in [7, 11) is -6.25. The Hall–Kier alpha value is -1.73. The lowest BCUT2D eigenvalue weighted by molar-refractivity contribution is -0.134. The van der Waals surface area contributed by atoms with Gasteiger partial charge in [-0.3, -0.25) is 10.0 Å². The number of piperazine rings is 1. The van der Waals surface area contributed by atoms with Gasteiger partial charge in [-0.05, 0) is 24.3 Å². The van der Waals surface area contributed by atoms with E-state index in [9.17, 15) is 21.6 Å². The molecule has 0 aliphatic carbocycles. The Labute approximate surface area is 146 Å². The van der Waals surface area contributed by atoms with Crippen molar-refractivity contribution in [3.05, 3.63) is 24.3 Å². The number of ether oxygens (including phenoxy) is 1. The number of nitrogens with zero attached hydrogens (tertiary/aromatic N) is 2. The molecule has 0 radical (unpaired) electrons. The van der Waals surface area contributed by atoms with Crippen LogP contribution in [0.1, 0.15) is 0 Å². The first kappa shape index (κ1) is 19.6. The van der Waals surface area contributed by atoms with Crippen LogP contribution >= 0.6 is 0 Å². The zero-order valence-corrected chi connectivity index (χ0v) is 15.2. The van der Waals surface area contributed by atoms with Crippen LogP contribution in [0.2, 0.25) is 0 Å². The monoisotopic (exact) mass is 393 g/mol. The van der Waals surface area contributed by atoms with E-state index in [0.29, 0.717) is 5.75 Å². The van der Waals surface area contributed by atoms with E-state index in [1.807, 2.05) is 0 Å². The molecule has 140 valence electrons. The molecule has 1 atom stereocenters. The molecule has 1 fully saturated rings. The average molecular weight is 393 g/mol. The van der Waals surface area contributed by atoms with Gasteiger partial charge in [-0.2, -0.15) is 8.61 Å². The molecule has 2 N–H and O–H groups in total. The number of methoxy groups -OCH3 is 1. The molecular weight excluding hydrogens is 374 g/mol. The first-order valence-electron chi connectivity index (χ1n) is 7.16. The molecule has 0 aromatic heterocycles. The van der Waals surface area contributed by atoms with Gasteiger partial charge in [0.25, 0.3) is 5.91 Å². The summed E-state index contributed by atoms with van der Waals surface area (Å²) in [4.78, 5) is 11.8. The minimum atomic E-state index is -4.08. The summed E-state index contributed by atoms with van der Waals surface area (Å²) >= 11 is 0. The van der Waals surface area contributed by atoms with Crippen LogP contribution in [0.15, 0.2) is 29.2 Å². The average Bonchev–Trinajstić information content (AvgIpc) is 2.59. The van der Waals surface area contributed by atoms with Crippen LogP contribution in [-0.2, 0) is 24.8 Å². The molecule has 1 aromatic carbocycles. The number of carbonyl (C=O) groups excluding carboxylic acids is 1. The lowest BCUT2D eigenvalue weighted by atomic mass is 10.2. The van der Waals surface area contributed by atoms with Gasteiger partial charge in [-0.25, -0.2) is 22.3 Å². The van der Waals surface area contributed by atoms with Crippen molar-refractivity contribution in [1.29, 1.82) is 0 Å². The number of benzene rings is 1. The van der Waals surface area contributed by atoms with Crippen LogP contribution in [0.5, 0.6) is 5.75 Å². The first-order valence-corrected chi connectivity index (χ1v) is 10.4. The predicted octanol–water partition coefficient (Wildman–Crippen LogP) is -1.16. The molecule has 12 heteroatoms. The highest BCUT2D eigenvalue weighted by atomic mass is 32.2. The zero-order valence-electron chi connectivity index (χ0n) is 13.6. The van der Waals surface area contributed by atoms with Crippen molar-refractivity contribution in [2.24, 2.45) is 0 Å². The number of rotatable bonds is 5. The first-order chi connectivity index (χ1) is 11.6. The second-order valence-electron chi connectivity index (χ2n) is 5.40. The molecule has 10 nitrogen and oxygen atoms in total. The topological polar surface area (TPSA) is 133 Å². The lowest BCUT2D eigenvalue weighted by Crippen LogP contribution is -2.60. The summed E-state index contributed by atoms with van der Waals surface area (Å²) in [5.74, 6) is -0.545. The van der Waals surface area contributed by atoms with E-state index in [2.05, 4.69) is 0 Å². The summed E-state index contributed by atoms with van der Waals surface area (Å²) in [6.07, 6.45) is 0.967. The summed E-state index contributed by atoms with van der Waals surface area (Å²) in [6.45, 7) is -0.705. The fourth-order valence-corrected chi connectivity index (χ4v) is 4.90. The highest BCUT2D eigenvalue weighted by Crippen LogP contribution is 2.24. The standard InChI is InChI=1S/C13H19N3O7S2/c1-23-10-3-5-11(6-4-10)25(21,22)16-8-7-15(24(2,19)20)9-12(16)13(17)14-18/h3-6,12,18H,7-9H2,1-2H3,(H,14,17)/t12-/m1/s1. The van der Waals surface area contributed by atoms with E-state index in [1.54, 1.807) is 0 Å². The highest BCUT2D eigenvalue weighted by Gasteiger charge is 2.42. The quantitative estimate of drug-likeness (QED) is 0.476. The van der Waals surface area contributed by atoms with Gasteiger partial charge in [0.15, 0.2) is 0 Å². The molecular formula is C13H19N3O7S2. The van der Waals surface area contributed by atoms with E-state index in [-0.39, 0.29) is 24.5 Å². The van der Waals surface area contributed by atoms with Crippen LogP contribution in [0.25, 0.3) is 0 Å². The van der Waals surface area contributed by atoms with Gasteiger partial charge >= 0.3 is 0 Å². The van der Waals surface area contributed by atoms with Gasteiger partial charge in [0.05, 0.1) is 18.3 Å². The van der Waals surface area contributed by atoms with Gasteiger partial charge in [-0.1, -0.05) is 0 Å². The van der Waals surface area contributed by atoms with E-state index in [4.69, 9.17) is 9.94 Å². The smallest absolute Gasteiger partial charge is 0.263 e. The van der Waals surface area contributed by atoms with Crippen LogP contribution in [0, 0.1) is 0 Å². The van der Waals surface area contributed by atoms with Crippen LogP contribution in [-0.4, -0.2) is 75.6 Å². The van der Waals surface area contributed by atoms with Crippen LogP contribution < -0.4 is 10.2 Å². The third-order valence-electron chi connectivity index (χ3n) is 3.84.